The molecule has 2 aliphatic rings. The number of thiazole rings is 1. The summed E-state index contributed by atoms with van der Waals surface area (Å²) in [6, 6.07) is 0.260. The molecule has 2 fully saturated rings. The molecule has 2 atom stereocenters. The van der Waals surface area contributed by atoms with Gasteiger partial charge in [-0.1, -0.05) is 5.16 Å². The number of hydrogen-bond acceptors (Lipinski definition) is 7. The maximum absolute atomic E-state index is 5.63. The molecule has 0 bridgehead atoms. The van der Waals surface area contributed by atoms with Crippen molar-refractivity contribution in [3.8, 4) is 0 Å². The minimum atomic E-state index is 0.0708. The maximum Gasteiger partial charge on any atom is 0.229 e. The second kappa shape index (κ2) is 6.90. The Labute approximate surface area is 146 Å². The molecule has 0 N–H and O–H groups in total. The van der Waals surface area contributed by atoms with Crippen LogP contribution in [0.4, 0.5) is 0 Å². The first kappa shape index (κ1) is 16.2. The van der Waals surface area contributed by atoms with E-state index in [0.29, 0.717) is 12.5 Å². The van der Waals surface area contributed by atoms with Crippen molar-refractivity contribution in [2.24, 2.45) is 0 Å². The highest BCUT2D eigenvalue weighted by Gasteiger charge is 2.34. The molecular formula is C17H24N4O2S. The summed E-state index contributed by atoms with van der Waals surface area (Å²) in [5.41, 5.74) is 1.11. The third-order valence-electron chi connectivity index (χ3n) is 4.74. The molecule has 2 aromatic heterocycles. The van der Waals surface area contributed by atoms with Gasteiger partial charge in [0.2, 0.25) is 5.89 Å². The average Bonchev–Trinajstić information content (AvgIpc) is 3.01. The lowest BCUT2D eigenvalue weighted by molar-refractivity contribution is 0.0760. The first-order chi connectivity index (χ1) is 11.7. The molecule has 24 heavy (non-hydrogen) atoms. The highest BCUT2D eigenvalue weighted by atomic mass is 32.1. The van der Waals surface area contributed by atoms with Crippen LogP contribution in [0.15, 0.2) is 9.90 Å². The van der Waals surface area contributed by atoms with Gasteiger partial charge < -0.3 is 9.26 Å². The van der Waals surface area contributed by atoms with E-state index in [9.17, 15) is 0 Å². The van der Waals surface area contributed by atoms with Crippen molar-refractivity contribution in [3.63, 3.8) is 0 Å². The van der Waals surface area contributed by atoms with Crippen LogP contribution in [0.3, 0.4) is 0 Å². The van der Waals surface area contributed by atoms with Crippen LogP contribution in [-0.2, 0) is 11.3 Å². The van der Waals surface area contributed by atoms with Crippen LogP contribution in [0.5, 0.6) is 0 Å². The minimum absolute atomic E-state index is 0.0708. The Balaban J connectivity index is 1.43. The second-order valence-corrected chi connectivity index (χ2v) is 7.56. The molecule has 2 aromatic rings. The lowest BCUT2D eigenvalue weighted by atomic mass is 10.2. The van der Waals surface area contributed by atoms with Gasteiger partial charge in [0.1, 0.15) is 11.1 Å². The SMILES string of the molecule is CCO[C@H](C)c1nc(CN2CCC[C@H]2c2noc(C3CC3)n2)cs1. The molecule has 1 aliphatic carbocycles. The number of ether oxygens (including phenoxy) is 1. The zero-order valence-electron chi connectivity index (χ0n) is 14.3. The molecule has 1 saturated carbocycles. The van der Waals surface area contributed by atoms with Crippen molar-refractivity contribution in [1.29, 1.82) is 0 Å². The number of hydrogen-bond donors (Lipinski definition) is 0. The molecule has 6 nitrogen and oxygen atoms in total. The number of nitrogens with zero attached hydrogens (tertiary/aromatic N) is 4. The molecule has 0 unspecified atom stereocenters. The van der Waals surface area contributed by atoms with Crippen LogP contribution in [0.1, 0.15) is 80.0 Å². The maximum atomic E-state index is 5.63. The van der Waals surface area contributed by atoms with Gasteiger partial charge in [0, 0.05) is 24.4 Å². The van der Waals surface area contributed by atoms with E-state index in [1.54, 1.807) is 11.3 Å². The smallest absolute Gasteiger partial charge is 0.229 e. The lowest BCUT2D eigenvalue weighted by Gasteiger charge is -2.20. The van der Waals surface area contributed by atoms with Crippen LogP contribution in [0.25, 0.3) is 0 Å². The predicted molar refractivity (Wildman–Crippen MR) is 90.8 cm³/mol. The average molecular weight is 348 g/mol. The fourth-order valence-corrected chi connectivity index (χ4v) is 4.11. The van der Waals surface area contributed by atoms with Gasteiger partial charge >= 0.3 is 0 Å². The van der Waals surface area contributed by atoms with E-state index in [4.69, 9.17) is 14.2 Å². The van der Waals surface area contributed by atoms with Gasteiger partial charge in [-0.3, -0.25) is 4.90 Å². The van der Waals surface area contributed by atoms with Gasteiger partial charge in [0.15, 0.2) is 5.82 Å². The molecule has 1 saturated heterocycles. The van der Waals surface area contributed by atoms with E-state index in [-0.39, 0.29) is 12.1 Å². The molecule has 1 aliphatic heterocycles. The largest absolute Gasteiger partial charge is 0.372 e. The van der Waals surface area contributed by atoms with Crippen molar-refractivity contribution in [2.75, 3.05) is 13.2 Å². The minimum Gasteiger partial charge on any atom is -0.372 e. The van der Waals surface area contributed by atoms with Crippen molar-refractivity contribution in [1.82, 2.24) is 20.0 Å². The third-order valence-corrected chi connectivity index (χ3v) is 5.80. The molecule has 0 amide bonds. The van der Waals surface area contributed by atoms with Gasteiger partial charge in [-0.05, 0) is 46.1 Å². The molecule has 0 spiro atoms. The summed E-state index contributed by atoms with van der Waals surface area (Å²) < 4.78 is 11.1. The Hall–Kier alpha value is -1.31. The first-order valence-corrected chi connectivity index (χ1v) is 9.76. The zero-order valence-corrected chi connectivity index (χ0v) is 15.1. The van der Waals surface area contributed by atoms with E-state index < -0.39 is 0 Å². The van der Waals surface area contributed by atoms with Gasteiger partial charge in [-0.25, -0.2) is 4.98 Å². The van der Waals surface area contributed by atoms with Crippen LogP contribution in [0, 0.1) is 0 Å². The fourth-order valence-electron chi connectivity index (χ4n) is 3.30. The van der Waals surface area contributed by atoms with Gasteiger partial charge in [0.05, 0.1) is 11.7 Å². The van der Waals surface area contributed by atoms with E-state index in [1.165, 1.54) is 19.3 Å². The fraction of sp³-hybridized carbons (Fsp3) is 0.706. The number of rotatable bonds is 7. The van der Waals surface area contributed by atoms with Gasteiger partial charge in [0.25, 0.3) is 0 Å². The third kappa shape index (κ3) is 3.38. The van der Waals surface area contributed by atoms with Crippen LogP contribution in [0.2, 0.25) is 0 Å². The van der Waals surface area contributed by atoms with Crippen molar-refractivity contribution in [3.05, 3.63) is 27.8 Å². The molecule has 3 heterocycles. The molecule has 4 rings (SSSR count). The van der Waals surface area contributed by atoms with Gasteiger partial charge in [-0.15, -0.1) is 11.3 Å². The summed E-state index contributed by atoms with van der Waals surface area (Å²) in [5.74, 6) is 2.20. The number of aromatic nitrogens is 3. The van der Waals surface area contributed by atoms with Crippen LogP contribution >= 0.6 is 11.3 Å². The molecule has 0 radical (unpaired) electrons. The van der Waals surface area contributed by atoms with E-state index in [2.05, 4.69) is 27.3 Å². The lowest BCUT2D eigenvalue weighted by Crippen LogP contribution is -2.23. The summed E-state index contributed by atoms with van der Waals surface area (Å²) in [6.07, 6.45) is 4.72. The van der Waals surface area contributed by atoms with Crippen molar-refractivity contribution in [2.45, 2.75) is 64.1 Å². The normalized spacial score (nSPS) is 23.0. The van der Waals surface area contributed by atoms with E-state index in [0.717, 1.165) is 41.9 Å². The molecule has 0 aromatic carbocycles. The van der Waals surface area contributed by atoms with Crippen LogP contribution < -0.4 is 0 Å². The Morgan fingerprint density at radius 1 is 1.38 bits per heavy atom. The molecule has 7 heteroatoms. The monoisotopic (exact) mass is 348 g/mol. The summed E-state index contributed by atoms with van der Waals surface area (Å²) >= 11 is 1.68. The first-order valence-electron chi connectivity index (χ1n) is 8.88. The summed E-state index contributed by atoms with van der Waals surface area (Å²) in [6.45, 7) is 6.69. The highest BCUT2D eigenvalue weighted by molar-refractivity contribution is 7.09. The van der Waals surface area contributed by atoms with E-state index in [1.807, 2.05) is 6.92 Å². The van der Waals surface area contributed by atoms with Crippen molar-refractivity contribution >= 4 is 11.3 Å². The zero-order chi connectivity index (χ0) is 16.5. The Bertz CT molecular complexity index is 682. The number of likely N-dealkylation sites (tertiary alicyclic amines) is 1. The Morgan fingerprint density at radius 2 is 2.25 bits per heavy atom. The Kier molecular flexibility index (Phi) is 4.65. The predicted octanol–water partition coefficient (Wildman–Crippen LogP) is 3.84. The standard InChI is InChI=1S/C17H24N4O2S/c1-3-22-11(2)17-18-13(10-24-17)9-21-8-4-5-14(21)15-19-16(23-20-15)12-6-7-12/h10-12,14H,3-9H2,1-2H3/t11-,14+/m1/s1. The molecular weight excluding hydrogens is 324 g/mol. The van der Waals surface area contributed by atoms with Crippen molar-refractivity contribution < 1.29 is 9.26 Å². The quantitative estimate of drug-likeness (QED) is 0.757. The molecule has 130 valence electrons. The summed E-state index contributed by atoms with van der Waals surface area (Å²) in [4.78, 5) is 11.8. The van der Waals surface area contributed by atoms with Gasteiger partial charge in [-0.2, -0.15) is 4.98 Å². The topological polar surface area (TPSA) is 64.3 Å². The second-order valence-electron chi connectivity index (χ2n) is 6.67. The Morgan fingerprint density at radius 3 is 3.04 bits per heavy atom. The van der Waals surface area contributed by atoms with Crippen LogP contribution in [-0.4, -0.2) is 33.2 Å². The summed E-state index contributed by atoms with van der Waals surface area (Å²) in [7, 11) is 0. The van der Waals surface area contributed by atoms with E-state index >= 15 is 0 Å². The summed E-state index contributed by atoms with van der Waals surface area (Å²) in [5, 5.41) is 7.44. The highest BCUT2D eigenvalue weighted by Crippen LogP contribution is 2.40.